The standard InChI is InChI=1S/C24H40BNO3/c1-2-3-4-5-6-7-8-9-10-11-12-13-14-15-16-17-24(28)26-19-21-18-23(25)29-22(21)20-27/h3-4,6-7,9-10,21-23,27H,2,5,8,11-20H2,1H3,(H,26,28)/b4-3-,7-6-,10-9-/t21-,22-,23-/m1/s1. The number of ether oxygens (including phenoxy) is 1. The molecule has 3 atom stereocenters. The molecule has 1 amide bonds. The van der Waals surface area contributed by atoms with Crippen LogP contribution in [0.1, 0.15) is 77.6 Å². The van der Waals surface area contributed by atoms with Crippen molar-refractivity contribution in [2.45, 2.75) is 89.7 Å². The molecular weight excluding hydrogens is 361 g/mol. The molecule has 29 heavy (non-hydrogen) atoms. The number of unbranched alkanes of at least 4 members (excludes halogenated alkanes) is 5. The predicted molar refractivity (Wildman–Crippen MR) is 122 cm³/mol. The Morgan fingerprint density at radius 2 is 1.69 bits per heavy atom. The van der Waals surface area contributed by atoms with Gasteiger partial charge in [0.15, 0.2) is 0 Å². The minimum absolute atomic E-state index is 0.0449. The number of rotatable bonds is 16. The van der Waals surface area contributed by atoms with E-state index in [0.29, 0.717) is 19.4 Å². The van der Waals surface area contributed by atoms with Gasteiger partial charge in [-0.2, -0.15) is 0 Å². The van der Waals surface area contributed by atoms with Gasteiger partial charge in [-0.15, -0.1) is 0 Å². The van der Waals surface area contributed by atoms with E-state index in [9.17, 15) is 9.90 Å². The molecule has 0 unspecified atom stereocenters. The van der Waals surface area contributed by atoms with Gasteiger partial charge in [-0.1, -0.05) is 62.6 Å². The number of hydrogen-bond donors (Lipinski definition) is 2. The summed E-state index contributed by atoms with van der Waals surface area (Å²) in [6.45, 7) is 2.64. The average molecular weight is 401 g/mol. The fourth-order valence-corrected chi connectivity index (χ4v) is 3.49. The highest BCUT2D eigenvalue weighted by atomic mass is 16.5. The molecule has 0 aromatic rings. The lowest BCUT2D eigenvalue weighted by molar-refractivity contribution is -0.121. The molecule has 1 aliphatic heterocycles. The Kier molecular flexibility index (Phi) is 15.5. The van der Waals surface area contributed by atoms with E-state index in [0.717, 1.165) is 38.5 Å². The summed E-state index contributed by atoms with van der Waals surface area (Å²) in [6, 6.07) is -0.326. The third-order valence-corrected chi connectivity index (χ3v) is 5.21. The first-order valence-electron chi connectivity index (χ1n) is 11.4. The summed E-state index contributed by atoms with van der Waals surface area (Å²) in [5.74, 6) is 0.198. The maximum Gasteiger partial charge on any atom is 0.220 e. The molecule has 2 radical (unpaired) electrons. The highest BCUT2D eigenvalue weighted by Crippen LogP contribution is 2.24. The number of carbonyl (C=O) groups excluding carboxylic acids is 1. The Morgan fingerprint density at radius 1 is 1.03 bits per heavy atom. The Morgan fingerprint density at radius 3 is 2.41 bits per heavy atom. The third-order valence-electron chi connectivity index (χ3n) is 5.21. The van der Waals surface area contributed by atoms with E-state index in [1.807, 2.05) is 0 Å². The van der Waals surface area contributed by atoms with Crippen molar-refractivity contribution in [2.24, 2.45) is 5.92 Å². The lowest BCUT2D eigenvalue weighted by Gasteiger charge is -2.16. The number of hydrogen-bond acceptors (Lipinski definition) is 3. The molecule has 0 aromatic heterocycles. The number of aliphatic hydroxyl groups excluding tert-OH is 1. The highest BCUT2D eigenvalue weighted by Gasteiger charge is 2.31. The van der Waals surface area contributed by atoms with Crippen molar-refractivity contribution in [3.05, 3.63) is 36.5 Å². The van der Waals surface area contributed by atoms with Crippen molar-refractivity contribution in [1.82, 2.24) is 5.32 Å². The maximum absolute atomic E-state index is 11.9. The van der Waals surface area contributed by atoms with Crippen LogP contribution in [0.2, 0.25) is 0 Å². The molecule has 0 aromatic carbocycles. The lowest BCUT2D eigenvalue weighted by Crippen LogP contribution is -2.34. The molecule has 1 fully saturated rings. The number of carbonyl (C=O) groups is 1. The number of aliphatic hydroxyl groups is 1. The van der Waals surface area contributed by atoms with Gasteiger partial charge in [-0.05, 0) is 44.9 Å². The first-order chi connectivity index (χ1) is 14.2. The molecule has 1 aliphatic rings. The van der Waals surface area contributed by atoms with Gasteiger partial charge in [-0.3, -0.25) is 4.79 Å². The normalized spacial score (nSPS) is 22.3. The number of allylic oxidation sites excluding steroid dienone is 6. The summed E-state index contributed by atoms with van der Waals surface area (Å²) in [6.07, 6.45) is 24.3. The largest absolute Gasteiger partial charge is 0.394 e. The van der Waals surface area contributed by atoms with E-state index in [2.05, 4.69) is 48.7 Å². The molecule has 0 bridgehead atoms. The summed E-state index contributed by atoms with van der Waals surface area (Å²) < 4.78 is 5.41. The van der Waals surface area contributed by atoms with Crippen LogP contribution in [0.25, 0.3) is 0 Å². The van der Waals surface area contributed by atoms with Crippen molar-refractivity contribution in [1.29, 1.82) is 0 Å². The van der Waals surface area contributed by atoms with Crippen molar-refractivity contribution < 1.29 is 14.6 Å². The zero-order chi connectivity index (χ0) is 21.2. The molecule has 1 rings (SSSR count). The lowest BCUT2D eigenvalue weighted by atomic mass is 9.91. The number of amides is 1. The minimum atomic E-state index is -0.326. The van der Waals surface area contributed by atoms with Gasteiger partial charge >= 0.3 is 0 Å². The Bertz CT molecular complexity index is 504. The van der Waals surface area contributed by atoms with E-state index in [-0.39, 0.29) is 30.5 Å². The first kappa shape index (κ1) is 25.7. The summed E-state index contributed by atoms with van der Waals surface area (Å²) in [5, 5.41) is 12.2. The third kappa shape index (κ3) is 13.5. The van der Waals surface area contributed by atoms with Crippen LogP contribution >= 0.6 is 0 Å². The zero-order valence-corrected chi connectivity index (χ0v) is 18.2. The van der Waals surface area contributed by atoms with E-state index < -0.39 is 0 Å². The molecular formula is C24H40BNO3. The predicted octanol–water partition coefficient (Wildman–Crippen LogP) is 4.58. The van der Waals surface area contributed by atoms with Crippen LogP contribution < -0.4 is 5.32 Å². The van der Waals surface area contributed by atoms with E-state index in [1.165, 1.54) is 19.3 Å². The van der Waals surface area contributed by atoms with Gasteiger partial charge in [0, 0.05) is 24.9 Å². The number of nitrogens with one attached hydrogen (secondary N) is 1. The second kappa shape index (κ2) is 17.5. The summed E-state index contributed by atoms with van der Waals surface area (Å²) in [7, 11) is 5.74. The van der Waals surface area contributed by atoms with E-state index >= 15 is 0 Å². The molecule has 5 heteroatoms. The molecule has 1 heterocycles. The molecule has 162 valence electrons. The average Bonchev–Trinajstić information content (AvgIpc) is 3.09. The molecule has 0 aliphatic carbocycles. The van der Waals surface area contributed by atoms with Gasteiger partial charge in [0.2, 0.25) is 5.91 Å². The fraction of sp³-hybridized carbons (Fsp3) is 0.708. The SMILES string of the molecule is [B][C@H]1C[C@H](CNC(=O)CCCCCCC/C=C\C/C=C\C/C=C\CC)[C@@H](CO)O1. The molecule has 0 spiro atoms. The first-order valence-corrected chi connectivity index (χ1v) is 11.4. The van der Waals surface area contributed by atoms with Crippen LogP contribution in [0.3, 0.4) is 0 Å². The molecule has 4 nitrogen and oxygen atoms in total. The summed E-state index contributed by atoms with van der Waals surface area (Å²) in [5.41, 5.74) is 0. The van der Waals surface area contributed by atoms with Gasteiger partial charge < -0.3 is 15.2 Å². The fourth-order valence-electron chi connectivity index (χ4n) is 3.49. The second-order valence-corrected chi connectivity index (χ2v) is 7.80. The smallest absolute Gasteiger partial charge is 0.220 e. The van der Waals surface area contributed by atoms with Crippen LogP contribution in [-0.2, 0) is 9.53 Å². The van der Waals surface area contributed by atoms with Crippen molar-refractivity contribution in [2.75, 3.05) is 13.2 Å². The molecule has 0 saturated carbocycles. The Hall–Kier alpha value is -1.33. The topological polar surface area (TPSA) is 58.6 Å². The quantitative estimate of drug-likeness (QED) is 0.226. The summed E-state index contributed by atoms with van der Waals surface area (Å²) in [4.78, 5) is 11.9. The highest BCUT2D eigenvalue weighted by molar-refractivity contribution is 6.11. The van der Waals surface area contributed by atoms with Crippen molar-refractivity contribution in [3.63, 3.8) is 0 Å². The monoisotopic (exact) mass is 401 g/mol. The van der Waals surface area contributed by atoms with Crippen LogP contribution in [0, 0.1) is 5.92 Å². The summed E-state index contributed by atoms with van der Waals surface area (Å²) >= 11 is 0. The Labute approximate surface area is 179 Å². The van der Waals surface area contributed by atoms with E-state index in [1.54, 1.807) is 0 Å². The van der Waals surface area contributed by atoms with Gasteiger partial charge in [0.1, 0.15) is 7.85 Å². The van der Waals surface area contributed by atoms with Gasteiger partial charge in [0.25, 0.3) is 0 Å². The maximum atomic E-state index is 11.9. The Balaban J connectivity index is 1.90. The van der Waals surface area contributed by atoms with Gasteiger partial charge in [-0.25, -0.2) is 0 Å². The van der Waals surface area contributed by atoms with Crippen LogP contribution in [0.15, 0.2) is 36.5 Å². The van der Waals surface area contributed by atoms with E-state index in [4.69, 9.17) is 12.6 Å². The van der Waals surface area contributed by atoms with Crippen molar-refractivity contribution >= 4 is 13.8 Å². The van der Waals surface area contributed by atoms with Crippen LogP contribution in [0.5, 0.6) is 0 Å². The van der Waals surface area contributed by atoms with Crippen LogP contribution in [0.4, 0.5) is 0 Å². The molecule has 1 saturated heterocycles. The van der Waals surface area contributed by atoms with Gasteiger partial charge in [0.05, 0.1) is 12.7 Å². The zero-order valence-electron chi connectivity index (χ0n) is 18.2. The minimum Gasteiger partial charge on any atom is -0.394 e. The van der Waals surface area contributed by atoms with Crippen LogP contribution in [-0.4, -0.2) is 44.1 Å². The second-order valence-electron chi connectivity index (χ2n) is 7.80. The van der Waals surface area contributed by atoms with Crippen molar-refractivity contribution in [3.8, 4) is 0 Å². The molecule has 2 N–H and O–H groups in total.